The lowest BCUT2D eigenvalue weighted by Crippen LogP contribution is -2.51. The molecule has 5 rings (SSSR count). The summed E-state index contributed by atoms with van der Waals surface area (Å²) in [6.07, 6.45) is 5.14. The van der Waals surface area contributed by atoms with Crippen molar-refractivity contribution in [2.45, 2.75) is 63.1 Å². The van der Waals surface area contributed by atoms with Crippen molar-refractivity contribution in [1.29, 1.82) is 0 Å². The maximum Gasteiger partial charge on any atom is 0.410 e. The second-order valence-corrected chi connectivity index (χ2v) is 10.7. The molecule has 1 aromatic rings. The van der Waals surface area contributed by atoms with Crippen LogP contribution in [0.1, 0.15) is 44.1 Å². The number of nitrogens with one attached hydrogen (secondary N) is 1. The summed E-state index contributed by atoms with van der Waals surface area (Å²) in [6, 6.07) is 8.27. The van der Waals surface area contributed by atoms with E-state index in [1.807, 2.05) is 29.2 Å². The van der Waals surface area contributed by atoms with Gasteiger partial charge in [-0.05, 0) is 63.1 Å². The number of β-amino-alcohol motifs (C(OH)–C–C–N with tert-alkyl or cyclic N) is 1. The Balaban J connectivity index is 1.02. The summed E-state index contributed by atoms with van der Waals surface area (Å²) in [5, 5.41) is 13.0. The number of carbonyl (C=O) groups excluding carboxylic acids is 3. The van der Waals surface area contributed by atoms with Crippen molar-refractivity contribution < 1.29 is 24.2 Å². The molecule has 4 heterocycles. The molecular weight excluding hydrogens is 474 g/mol. The molecule has 10 heteroatoms. The molecule has 3 fully saturated rings. The molecule has 2 N–H and O–H groups in total. The van der Waals surface area contributed by atoms with Crippen LogP contribution in [-0.4, -0.2) is 113 Å². The van der Waals surface area contributed by atoms with E-state index >= 15 is 0 Å². The Labute approximate surface area is 218 Å². The summed E-state index contributed by atoms with van der Waals surface area (Å²) in [7, 11) is 0. The van der Waals surface area contributed by atoms with Crippen LogP contribution >= 0.6 is 0 Å². The SMILES string of the molecule is O=C(COC(=O)N1CCC(N2CCc3ccccc3NC2=O)CC1)N1CCC(N2CCC[C@@H](O)C2)CC1. The van der Waals surface area contributed by atoms with Crippen LogP contribution in [0, 0.1) is 0 Å². The lowest BCUT2D eigenvalue weighted by molar-refractivity contribution is -0.136. The minimum absolute atomic E-state index is 0.0716. The van der Waals surface area contributed by atoms with Gasteiger partial charge in [0.2, 0.25) is 0 Å². The van der Waals surface area contributed by atoms with Crippen LogP contribution in [0.2, 0.25) is 0 Å². The van der Waals surface area contributed by atoms with Crippen LogP contribution in [0.25, 0.3) is 0 Å². The number of amides is 4. The fraction of sp³-hybridized carbons (Fsp3) is 0.667. The molecule has 0 radical (unpaired) electrons. The first-order valence-corrected chi connectivity index (χ1v) is 13.7. The van der Waals surface area contributed by atoms with Crippen LogP contribution in [0.3, 0.4) is 0 Å². The number of benzene rings is 1. The highest BCUT2D eigenvalue weighted by molar-refractivity contribution is 5.91. The summed E-state index contributed by atoms with van der Waals surface area (Å²) in [6.45, 7) is 4.47. The smallest absolute Gasteiger partial charge is 0.410 e. The zero-order chi connectivity index (χ0) is 25.8. The van der Waals surface area contributed by atoms with Crippen molar-refractivity contribution in [3.8, 4) is 0 Å². The molecule has 0 spiro atoms. The maximum absolute atomic E-state index is 12.8. The number of nitrogens with zero attached hydrogens (tertiary/aromatic N) is 4. The molecular formula is C27H39N5O5. The van der Waals surface area contributed by atoms with Crippen LogP contribution in [0.15, 0.2) is 24.3 Å². The predicted molar refractivity (Wildman–Crippen MR) is 138 cm³/mol. The van der Waals surface area contributed by atoms with Crippen LogP contribution < -0.4 is 5.32 Å². The molecule has 3 saturated heterocycles. The Hall–Kier alpha value is -2.85. The number of para-hydroxylation sites is 1. The zero-order valence-electron chi connectivity index (χ0n) is 21.5. The van der Waals surface area contributed by atoms with Crippen LogP contribution in [0.4, 0.5) is 15.3 Å². The van der Waals surface area contributed by atoms with E-state index in [2.05, 4.69) is 10.2 Å². The van der Waals surface area contributed by atoms with Crippen molar-refractivity contribution in [2.24, 2.45) is 0 Å². The molecule has 4 amide bonds. The number of anilines is 1. The fourth-order valence-corrected chi connectivity index (χ4v) is 6.20. The first kappa shape index (κ1) is 25.8. The van der Waals surface area contributed by atoms with E-state index < -0.39 is 6.09 Å². The van der Waals surface area contributed by atoms with E-state index in [-0.39, 0.29) is 30.7 Å². The molecule has 0 bridgehead atoms. The third-order valence-electron chi connectivity index (χ3n) is 8.39. The van der Waals surface area contributed by atoms with E-state index in [1.165, 1.54) is 0 Å². The Kier molecular flexibility index (Phi) is 8.14. The van der Waals surface area contributed by atoms with Gasteiger partial charge in [-0.1, -0.05) is 18.2 Å². The van der Waals surface area contributed by atoms with Gasteiger partial charge in [-0.15, -0.1) is 0 Å². The lowest BCUT2D eigenvalue weighted by atomic mass is 9.99. The first-order chi connectivity index (χ1) is 18.0. The lowest BCUT2D eigenvalue weighted by Gasteiger charge is -2.41. The summed E-state index contributed by atoms with van der Waals surface area (Å²) >= 11 is 0. The fourth-order valence-electron chi connectivity index (χ4n) is 6.20. The number of aliphatic hydroxyl groups excluding tert-OH is 1. The minimum Gasteiger partial charge on any atom is -0.439 e. The van der Waals surface area contributed by atoms with Crippen molar-refractivity contribution in [3.05, 3.63) is 29.8 Å². The number of fused-ring (bicyclic) bond motifs is 1. The largest absolute Gasteiger partial charge is 0.439 e. The number of piperidine rings is 3. The first-order valence-electron chi connectivity index (χ1n) is 13.7. The standard InChI is InChI=1S/C27H39N5O5/c33-23-5-3-12-31(18-23)21-8-13-29(14-9-21)25(34)19-37-27(36)30-15-10-22(11-16-30)32-17-7-20-4-1-2-6-24(20)28-26(32)35/h1-2,4,6,21-23,33H,3,5,7-19H2,(H,28,35)/t23-/m1/s1. The summed E-state index contributed by atoms with van der Waals surface area (Å²) in [5.41, 5.74) is 2.01. The number of likely N-dealkylation sites (tertiary alicyclic amines) is 3. The average Bonchev–Trinajstić information content (AvgIpc) is 3.10. The van der Waals surface area contributed by atoms with Gasteiger partial charge in [0.25, 0.3) is 5.91 Å². The van der Waals surface area contributed by atoms with Gasteiger partial charge in [-0.25, -0.2) is 9.59 Å². The quantitative estimate of drug-likeness (QED) is 0.639. The Morgan fingerprint density at radius 1 is 0.919 bits per heavy atom. The highest BCUT2D eigenvalue weighted by atomic mass is 16.6. The molecule has 4 aliphatic rings. The number of rotatable bonds is 4. The number of aliphatic hydroxyl groups is 1. The number of urea groups is 1. The number of hydrogen-bond acceptors (Lipinski definition) is 6. The molecule has 1 aromatic carbocycles. The minimum atomic E-state index is -0.461. The van der Waals surface area contributed by atoms with Crippen molar-refractivity contribution in [3.63, 3.8) is 0 Å². The third kappa shape index (κ3) is 6.18. The van der Waals surface area contributed by atoms with Crippen LogP contribution in [0.5, 0.6) is 0 Å². The van der Waals surface area contributed by atoms with Gasteiger partial charge in [-0.2, -0.15) is 0 Å². The maximum atomic E-state index is 12.8. The second kappa shape index (κ2) is 11.7. The van der Waals surface area contributed by atoms with Crippen LogP contribution in [-0.2, 0) is 16.0 Å². The van der Waals surface area contributed by atoms with Gasteiger partial charge < -0.3 is 29.9 Å². The number of carbonyl (C=O) groups is 3. The Morgan fingerprint density at radius 3 is 2.38 bits per heavy atom. The highest BCUT2D eigenvalue weighted by Gasteiger charge is 2.33. The van der Waals surface area contributed by atoms with Gasteiger partial charge in [0, 0.05) is 57.0 Å². The molecule has 37 heavy (non-hydrogen) atoms. The van der Waals surface area contributed by atoms with Gasteiger partial charge in [0.1, 0.15) is 0 Å². The zero-order valence-corrected chi connectivity index (χ0v) is 21.5. The highest BCUT2D eigenvalue weighted by Crippen LogP contribution is 2.25. The Morgan fingerprint density at radius 2 is 1.62 bits per heavy atom. The van der Waals surface area contributed by atoms with Crippen molar-refractivity contribution >= 4 is 23.7 Å². The third-order valence-corrected chi connectivity index (χ3v) is 8.39. The second-order valence-electron chi connectivity index (χ2n) is 10.7. The molecule has 0 aliphatic carbocycles. The van der Waals surface area contributed by atoms with Gasteiger partial charge >= 0.3 is 12.1 Å². The molecule has 1 atom stereocenters. The molecule has 0 aromatic heterocycles. The predicted octanol–water partition coefficient (Wildman–Crippen LogP) is 2.13. The van der Waals surface area contributed by atoms with Gasteiger partial charge in [0.15, 0.2) is 6.61 Å². The van der Waals surface area contributed by atoms with Crippen molar-refractivity contribution in [2.75, 3.05) is 57.7 Å². The number of ether oxygens (including phenoxy) is 1. The molecule has 202 valence electrons. The average molecular weight is 514 g/mol. The van der Waals surface area contributed by atoms with E-state index in [0.29, 0.717) is 51.6 Å². The summed E-state index contributed by atoms with van der Waals surface area (Å²) in [5.74, 6) is -0.152. The molecule has 0 saturated carbocycles. The molecule has 10 nitrogen and oxygen atoms in total. The molecule has 0 unspecified atom stereocenters. The monoisotopic (exact) mass is 513 g/mol. The van der Waals surface area contributed by atoms with E-state index in [4.69, 9.17) is 4.74 Å². The van der Waals surface area contributed by atoms with Gasteiger partial charge in [0.05, 0.1) is 6.10 Å². The summed E-state index contributed by atoms with van der Waals surface area (Å²) in [4.78, 5) is 45.8. The molecule has 4 aliphatic heterocycles. The normalized spacial score (nSPS) is 24.3. The summed E-state index contributed by atoms with van der Waals surface area (Å²) < 4.78 is 5.38. The van der Waals surface area contributed by atoms with E-state index in [1.54, 1.807) is 9.80 Å². The topological polar surface area (TPSA) is 106 Å². The van der Waals surface area contributed by atoms with Crippen molar-refractivity contribution in [1.82, 2.24) is 19.6 Å². The van der Waals surface area contributed by atoms with E-state index in [9.17, 15) is 19.5 Å². The van der Waals surface area contributed by atoms with E-state index in [0.717, 1.165) is 56.4 Å². The number of hydrogen-bond donors (Lipinski definition) is 2. The Bertz CT molecular complexity index is 974. The van der Waals surface area contributed by atoms with Gasteiger partial charge in [-0.3, -0.25) is 9.69 Å².